The van der Waals surface area contributed by atoms with Crippen LogP contribution in [0.25, 0.3) is 10.9 Å². The fourth-order valence-electron chi connectivity index (χ4n) is 2.66. The van der Waals surface area contributed by atoms with Gasteiger partial charge in [0, 0.05) is 41.2 Å². The highest BCUT2D eigenvalue weighted by Crippen LogP contribution is 2.25. The van der Waals surface area contributed by atoms with Crippen molar-refractivity contribution in [1.29, 1.82) is 0 Å². The van der Waals surface area contributed by atoms with E-state index in [2.05, 4.69) is 0 Å². The van der Waals surface area contributed by atoms with Gasteiger partial charge in [-0.15, -0.1) is 0 Å². The molecule has 3 aromatic rings. The fourth-order valence-corrected chi connectivity index (χ4v) is 2.82. The number of carbonyl (C=O) groups is 1. The van der Waals surface area contributed by atoms with Crippen LogP contribution in [0, 0.1) is 6.92 Å². The molecule has 0 N–H and O–H groups in total. The van der Waals surface area contributed by atoms with Crippen molar-refractivity contribution in [2.24, 2.45) is 7.05 Å². The Balaban J connectivity index is 2.01. The summed E-state index contributed by atoms with van der Waals surface area (Å²) in [6.07, 6.45) is 2.32. The predicted molar refractivity (Wildman–Crippen MR) is 87.1 cm³/mol. The molecule has 1 aromatic heterocycles. The molecule has 0 amide bonds. The van der Waals surface area contributed by atoms with E-state index in [1.165, 1.54) is 0 Å². The summed E-state index contributed by atoms with van der Waals surface area (Å²) in [5, 5.41) is 1.64. The minimum absolute atomic E-state index is 0.136. The van der Waals surface area contributed by atoms with Crippen LogP contribution in [0.3, 0.4) is 0 Å². The topological polar surface area (TPSA) is 22.0 Å². The molecule has 0 aliphatic carbocycles. The van der Waals surface area contributed by atoms with Gasteiger partial charge in [-0.3, -0.25) is 4.79 Å². The van der Waals surface area contributed by atoms with Crippen molar-refractivity contribution in [2.75, 3.05) is 0 Å². The number of hydrogen-bond donors (Lipinski definition) is 0. The number of fused-ring (bicyclic) bond motifs is 1. The van der Waals surface area contributed by atoms with Crippen LogP contribution in [0.2, 0.25) is 5.02 Å². The summed E-state index contributed by atoms with van der Waals surface area (Å²) in [5.41, 5.74) is 3.96. The minimum Gasteiger partial charge on any atom is -0.350 e. The van der Waals surface area contributed by atoms with Crippen LogP contribution in [-0.4, -0.2) is 10.4 Å². The third kappa shape index (κ3) is 2.59. The Labute approximate surface area is 129 Å². The molecule has 0 spiro atoms. The number of hydrogen-bond acceptors (Lipinski definition) is 1. The van der Waals surface area contributed by atoms with Gasteiger partial charge in [-0.1, -0.05) is 41.9 Å². The van der Waals surface area contributed by atoms with E-state index in [4.69, 9.17) is 11.6 Å². The van der Waals surface area contributed by atoms with E-state index in [1.54, 1.807) is 0 Å². The van der Waals surface area contributed by atoms with Gasteiger partial charge in [0.05, 0.1) is 0 Å². The number of halogens is 1. The highest BCUT2D eigenvalue weighted by Gasteiger charge is 2.15. The maximum absolute atomic E-state index is 12.6. The first-order chi connectivity index (χ1) is 10.1. The third-order valence-electron chi connectivity index (χ3n) is 3.87. The quantitative estimate of drug-likeness (QED) is 0.649. The first kappa shape index (κ1) is 13.9. The van der Waals surface area contributed by atoms with Gasteiger partial charge in [-0.05, 0) is 30.2 Å². The highest BCUT2D eigenvalue weighted by molar-refractivity contribution is 6.31. The monoisotopic (exact) mass is 297 g/mol. The summed E-state index contributed by atoms with van der Waals surface area (Å²) in [7, 11) is 1.93. The van der Waals surface area contributed by atoms with Crippen LogP contribution in [0.5, 0.6) is 0 Å². The first-order valence-electron chi connectivity index (χ1n) is 6.88. The summed E-state index contributed by atoms with van der Waals surface area (Å²) in [4.78, 5) is 12.6. The molecule has 3 heteroatoms. The lowest BCUT2D eigenvalue weighted by molar-refractivity contribution is 0.0994. The maximum Gasteiger partial charge on any atom is 0.169 e. The fraction of sp³-hybridized carbons (Fsp3) is 0.167. The summed E-state index contributed by atoms with van der Waals surface area (Å²) in [5.74, 6) is 0.136. The molecule has 0 saturated carbocycles. The molecule has 0 radical (unpaired) electrons. The maximum atomic E-state index is 12.6. The van der Waals surface area contributed by atoms with Gasteiger partial charge in [-0.2, -0.15) is 0 Å². The highest BCUT2D eigenvalue weighted by atomic mass is 35.5. The predicted octanol–water partition coefficient (Wildman–Crippen LogP) is 4.57. The molecule has 3 rings (SSSR count). The second-order valence-electron chi connectivity index (χ2n) is 5.34. The molecule has 0 bridgehead atoms. The second kappa shape index (κ2) is 5.38. The van der Waals surface area contributed by atoms with E-state index >= 15 is 0 Å². The lowest BCUT2D eigenvalue weighted by atomic mass is 9.99. The second-order valence-corrected chi connectivity index (χ2v) is 5.78. The van der Waals surface area contributed by atoms with Crippen molar-refractivity contribution in [3.63, 3.8) is 0 Å². The van der Waals surface area contributed by atoms with Crippen LogP contribution in [0.1, 0.15) is 21.5 Å². The van der Waals surface area contributed by atoms with Gasteiger partial charge in [0.25, 0.3) is 0 Å². The Hall–Kier alpha value is -2.06. The summed E-state index contributed by atoms with van der Waals surface area (Å²) < 4.78 is 1.95. The van der Waals surface area contributed by atoms with Crippen LogP contribution in [0.4, 0.5) is 0 Å². The normalized spacial score (nSPS) is 11.0. The number of Topliss-reactive ketones (excluding diaryl/α,β-unsaturated/α-hetero) is 1. The van der Waals surface area contributed by atoms with Crippen molar-refractivity contribution in [3.05, 3.63) is 70.4 Å². The van der Waals surface area contributed by atoms with E-state index in [-0.39, 0.29) is 5.78 Å². The molecule has 0 atom stereocenters. The smallest absolute Gasteiger partial charge is 0.169 e. The summed E-state index contributed by atoms with van der Waals surface area (Å²) in [6, 6.07) is 13.6. The molecule has 0 fully saturated rings. The van der Waals surface area contributed by atoms with Gasteiger partial charge in [-0.25, -0.2) is 0 Å². The molecular weight excluding hydrogens is 282 g/mol. The molecule has 1 heterocycles. The van der Waals surface area contributed by atoms with Crippen molar-refractivity contribution >= 4 is 28.3 Å². The molecule has 0 aliphatic heterocycles. The van der Waals surface area contributed by atoms with Gasteiger partial charge >= 0.3 is 0 Å². The van der Waals surface area contributed by atoms with Crippen LogP contribution in [0.15, 0.2) is 48.7 Å². The molecule has 0 saturated heterocycles. The Kier molecular flexibility index (Phi) is 3.56. The van der Waals surface area contributed by atoms with Crippen molar-refractivity contribution in [1.82, 2.24) is 4.57 Å². The Morgan fingerprint density at radius 3 is 2.71 bits per heavy atom. The Bertz CT molecular complexity index is 832. The van der Waals surface area contributed by atoms with Crippen molar-refractivity contribution < 1.29 is 4.79 Å². The SMILES string of the molecule is Cc1ccccc1CC(=O)c1cn(C)c2cc(Cl)ccc12. The number of rotatable bonds is 3. The number of aromatic nitrogens is 1. The van der Waals surface area contributed by atoms with Crippen LogP contribution < -0.4 is 0 Å². The number of nitrogens with zero attached hydrogens (tertiary/aromatic N) is 1. The van der Waals surface area contributed by atoms with E-state index in [0.29, 0.717) is 11.4 Å². The third-order valence-corrected chi connectivity index (χ3v) is 4.10. The zero-order valence-electron chi connectivity index (χ0n) is 12.1. The number of carbonyl (C=O) groups excluding carboxylic acids is 1. The molecular formula is C18H16ClNO. The average molecular weight is 298 g/mol. The van der Waals surface area contributed by atoms with E-state index in [0.717, 1.165) is 27.6 Å². The van der Waals surface area contributed by atoms with Crippen molar-refractivity contribution in [2.45, 2.75) is 13.3 Å². The van der Waals surface area contributed by atoms with E-state index in [1.807, 2.05) is 67.2 Å². The number of benzene rings is 2. The summed E-state index contributed by atoms with van der Waals surface area (Å²) >= 11 is 6.03. The zero-order valence-corrected chi connectivity index (χ0v) is 12.8. The van der Waals surface area contributed by atoms with Crippen LogP contribution in [-0.2, 0) is 13.5 Å². The number of aryl methyl sites for hydroxylation is 2. The molecule has 0 unspecified atom stereocenters. The van der Waals surface area contributed by atoms with Gasteiger partial charge in [0.1, 0.15) is 0 Å². The van der Waals surface area contributed by atoms with Gasteiger partial charge in [0.2, 0.25) is 0 Å². The molecule has 2 aromatic carbocycles. The standard InChI is InChI=1S/C18H16ClNO/c1-12-5-3-4-6-13(12)9-18(21)16-11-20(2)17-10-14(19)7-8-15(16)17/h3-8,10-11H,9H2,1-2H3. The zero-order chi connectivity index (χ0) is 15.0. The first-order valence-corrected chi connectivity index (χ1v) is 7.26. The Morgan fingerprint density at radius 1 is 1.19 bits per heavy atom. The average Bonchev–Trinajstić information content (AvgIpc) is 2.78. The van der Waals surface area contributed by atoms with Gasteiger partial charge < -0.3 is 4.57 Å². The molecule has 0 aliphatic rings. The number of ketones is 1. The largest absolute Gasteiger partial charge is 0.350 e. The van der Waals surface area contributed by atoms with Gasteiger partial charge in [0.15, 0.2) is 5.78 Å². The lowest BCUT2D eigenvalue weighted by Gasteiger charge is -2.04. The summed E-state index contributed by atoms with van der Waals surface area (Å²) in [6.45, 7) is 2.03. The van der Waals surface area contributed by atoms with Crippen LogP contribution >= 0.6 is 11.6 Å². The van der Waals surface area contributed by atoms with E-state index in [9.17, 15) is 4.79 Å². The lowest BCUT2D eigenvalue weighted by Crippen LogP contribution is -2.04. The Morgan fingerprint density at radius 2 is 1.95 bits per heavy atom. The molecule has 21 heavy (non-hydrogen) atoms. The minimum atomic E-state index is 0.136. The van der Waals surface area contributed by atoms with E-state index < -0.39 is 0 Å². The molecule has 2 nitrogen and oxygen atoms in total. The molecule has 106 valence electrons. The van der Waals surface area contributed by atoms with Crippen molar-refractivity contribution in [3.8, 4) is 0 Å².